The van der Waals surface area contributed by atoms with Crippen LogP contribution in [0.15, 0.2) is 243 Å². The van der Waals surface area contributed by atoms with E-state index in [0.717, 1.165) is 78.1 Å². The fourth-order valence-electron chi connectivity index (χ4n) is 8.61. The molecule has 2 heterocycles. The van der Waals surface area contributed by atoms with Crippen LogP contribution in [0, 0.1) is 0 Å². The first-order chi connectivity index (χ1) is 30.7. The zero-order valence-corrected chi connectivity index (χ0v) is 33.9. The van der Waals surface area contributed by atoms with E-state index < -0.39 is 0 Å². The molecule has 0 fully saturated rings. The van der Waals surface area contributed by atoms with Gasteiger partial charge < -0.3 is 4.90 Å². The summed E-state index contributed by atoms with van der Waals surface area (Å²) in [7, 11) is 0. The van der Waals surface area contributed by atoms with Gasteiger partial charge in [-0.2, -0.15) is 0 Å². The van der Waals surface area contributed by atoms with E-state index in [-0.39, 0.29) is 0 Å². The molecular formula is C58H40N4. The van der Waals surface area contributed by atoms with Gasteiger partial charge in [0.15, 0.2) is 0 Å². The standard InChI is InChI=1S/C58H40N4/c1-5-17-41(18-6-1)42-29-34-48(35-30-42)61(55-27-15-13-25-50(55)44-19-7-2-8-20-44)49-36-31-43(32-37-49)47-33-38-52-51-26-14-16-28-56(51)62(57(52)39-47)58-59-53(45-21-9-3-10-22-45)40-54(60-58)46-23-11-4-12-24-46/h1-40H. The van der Waals surface area contributed by atoms with Crippen molar-refractivity contribution in [1.29, 1.82) is 0 Å². The van der Waals surface area contributed by atoms with Crippen LogP contribution in [0.25, 0.3) is 83.6 Å². The minimum Gasteiger partial charge on any atom is -0.310 e. The summed E-state index contributed by atoms with van der Waals surface area (Å²) in [4.78, 5) is 12.9. The van der Waals surface area contributed by atoms with E-state index in [1.54, 1.807) is 0 Å². The smallest absolute Gasteiger partial charge is 0.235 e. The molecule has 0 spiro atoms. The molecule has 0 saturated carbocycles. The number of nitrogens with zero attached hydrogens (tertiary/aromatic N) is 4. The Morgan fingerprint density at radius 2 is 0.742 bits per heavy atom. The number of rotatable bonds is 9. The average molecular weight is 793 g/mol. The van der Waals surface area contributed by atoms with Crippen molar-refractivity contribution >= 4 is 38.9 Å². The molecule has 4 heteroatoms. The van der Waals surface area contributed by atoms with Gasteiger partial charge in [0.05, 0.1) is 28.1 Å². The fraction of sp³-hybridized carbons (Fsp3) is 0. The zero-order chi connectivity index (χ0) is 41.2. The quantitative estimate of drug-likeness (QED) is 0.146. The number of aromatic nitrogens is 3. The van der Waals surface area contributed by atoms with Gasteiger partial charge in [0.1, 0.15) is 0 Å². The minimum absolute atomic E-state index is 0.634. The maximum atomic E-state index is 5.26. The molecule has 11 aromatic rings. The molecule has 0 atom stereocenters. The minimum atomic E-state index is 0.634. The van der Waals surface area contributed by atoms with Crippen LogP contribution in [0.3, 0.4) is 0 Å². The molecule has 2 aromatic heterocycles. The lowest BCUT2D eigenvalue weighted by Crippen LogP contribution is -2.11. The first-order valence-electron chi connectivity index (χ1n) is 21.0. The Hall–Kier alpha value is -8.34. The average Bonchev–Trinajstić information content (AvgIpc) is 3.69. The van der Waals surface area contributed by atoms with Crippen molar-refractivity contribution in [1.82, 2.24) is 14.5 Å². The van der Waals surface area contributed by atoms with E-state index in [4.69, 9.17) is 9.97 Å². The SMILES string of the molecule is c1ccc(-c2ccc(N(c3ccc(-c4ccc5c6ccccc6n(-c6nc(-c7ccccc7)cc(-c7ccccc7)n6)c5c4)cc3)c3ccccc3-c3ccccc3)cc2)cc1. The Balaban J connectivity index is 1.03. The van der Waals surface area contributed by atoms with Gasteiger partial charge in [-0.1, -0.05) is 194 Å². The van der Waals surface area contributed by atoms with Crippen LogP contribution >= 0.6 is 0 Å². The number of fused-ring (bicyclic) bond motifs is 3. The van der Waals surface area contributed by atoms with Crippen LogP contribution in [0.4, 0.5) is 17.1 Å². The Labute approximate surface area is 361 Å². The van der Waals surface area contributed by atoms with Crippen molar-refractivity contribution in [2.24, 2.45) is 0 Å². The van der Waals surface area contributed by atoms with Gasteiger partial charge in [-0.3, -0.25) is 4.57 Å². The first-order valence-corrected chi connectivity index (χ1v) is 21.0. The predicted molar refractivity (Wildman–Crippen MR) is 258 cm³/mol. The lowest BCUT2D eigenvalue weighted by molar-refractivity contribution is 0.996. The molecule has 62 heavy (non-hydrogen) atoms. The van der Waals surface area contributed by atoms with Crippen molar-refractivity contribution in [3.05, 3.63) is 243 Å². The van der Waals surface area contributed by atoms with E-state index in [1.807, 2.05) is 12.1 Å². The van der Waals surface area contributed by atoms with Gasteiger partial charge in [0, 0.05) is 38.8 Å². The van der Waals surface area contributed by atoms with Gasteiger partial charge in [0.2, 0.25) is 5.95 Å². The third kappa shape index (κ3) is 6.90. The Kier molecular flexibility index (Phi) is 9.49. The number of anilines is 3. The van der Waals surface area contributed by atoms with Crippen molar-refractivity contribution in [2.75, 3.05) is 4.90 Å². The Morgan fingerprint density at radius 1 is 0.306 bits per heavy atom. The highest BCUT2D eigenvalue weighted by Gasteiger charge is 2.20. The van der Waals surface area contributed by atoms with Gasteiger partial charge in [-0.25, -0.2) is 9.97 Å². The second kappa shape index (κ2) is 16.0. The third-order valence-electron chi connectivity index (χ3n) is 11.6. The van der Waals surface area contributed by atoms with Crippen LogP contribution in [0.1, 0.15) is 0 Å². The van der Waals surface area contributed by atoms with Gasteiger partial charge in [-0.05, 0) is 76.3 Å². The lowest BCUT2D eigenvalue weighted by Gasteiger charge is -2.28. The number of hydrogen-bond donors (Lipinski definition) is 0. The van der Waals surface area contributed by atoms with E-state index in [0.29, 0.717) is 5.95 Å². The highest BCUT2D eigenvalue weighted by molar-refractivity contribution is 6.10. The van der Waals surface area contributed by atoms with Gasteiger partial charge in [-0.15, -0.1) is 0 Å². The summed E-state index contributed by atoms with van der Waals surface area (Å²) in [6.07, 6.45) is 0. The molecular weight excluding hydrogens is 753 g/mol. The summed E-state index contributed by atoms with van der Waals surface area (Å²) in [5.41, 5.74) is 16.1. The molecule has 11 rings (SSSR count). The fourth-order valence-corrected chi connectivity index (χ4v) is 8.61. The van der Waals surface area contributed by atoms with Crippen molar-refractivity contribution in [3.8, 4) is 61.8 Å². The second-order valence-corrected chi connectivity index (χ2v) is 15.4. The van der Waals surface area contributed by atoms with Crippen LogP contribution in [0.2, 0.25) is 0 Å². The summed E-state index contributed by atoms with van der Waals surface area (Å²) in [6, 6.07) is 85.8. The van der Waals surface area contributed by atoms with Crippen molar-refractivity contribution < 1.29 is 0 Å². The van der Waals surface area contributed by atoms with E-state index in [1.165, 1.54) is 16.7 Å². The molecule has 0 bridgehead atoms. The van der Waals surface area contributed by atoms with E-state index in [2.05, 4.69) is 240 Å². The monoisotopic (exact) mass is 792 g/mol. The van der Waals surface area contributed by atoms with Crippen LogP contribution in [-0.2, 0) is 0 Å². The third-order valence-corrected chi connectivity index (χ3v) is 11.6. The number of para-hydroxylation sites is 2. The summed E-state index contributed by atoms with van der Waals surface area (Å²) in [6.45, 7) is 0. The summed E-state index contributed by atoms with van der Waals surface area (Å²) in [5, 5.41) is 2.31. The molecule has 0 aliphatic heterocycles. The normalized spacial score (nSPS) is 11.2. The molecule has 0 N–H and O–H groups in total. The van der Waals surface area contributed by atoms with Crippen molar-refractivity contribution in [2.45, 2.75) is 0 Å². The predicted octanol–water partition coefficient (Wildman–Crippen LogP) is 15.4. The molecule has 0 aliphatic carbocycles. The molecule has 4 nitrogen and oxygen atoms in total. The number of hydrogen-bond acceptors (Lipinski definition) is 3. The maximum Gasteiger partial charge on any atom is 0.235 e. The summed E-state index contributed by atoms with van der Waals surface area (Å²) >= 11 is 0. The topological polar surface area (TPSA) is 34.0 Å². The van der Waals surface area contributed by atoms with Crippen LogP contribution in [0.5, 0.6) is 0 Å². The van der Waals surface area contributed by atoms with E-state index in [9.17, 15) is 0 Å². The van der Waals surface area contributed by atoms with Gasteiger partial charge >= 0.3 is 0 Å². The molecule has 0 aliphatic rings. The van der Waals surface area contributed by atoms with Gasteiger partial charge in [0.25, 0.3) is 0 Å². The summed E-state index contributed by atoms with van der Waals surface area (Å²) in [5.74, 6) is 0.634. The highest BCUT2D eigenvalue weighted by atomic mass is 15.2. The van der Waals surface area contributed by atoms with Crippen LogP contribution in [-0.4, -0.2) is 14.5 Å². The molecule has 9 aromatic carbocycles. The van der Waals surface area contributed by atoms with Crippen LogP contribution < -0.4 is 4.90 Å². The molecule has 0 radical (unpaired) electrons. The second-order valence-electron chi connectivity index (χ2n) is 15.4. The summed E-state index contributed by atoms with van der Waals surface area (Å²) < 4.78 is 2.22. The zero-order valence-electron chi connectivity index (χ0n) is 33.9. The molecule has 0 unspecified atom stereocenters. The molecule has 0 amide bonds. The Morgan fingerprint density at radius 3 is 1.34 bits per heavy atom. The lowest BCUT2D eigenvalue weighted by atomic mass is 10.00. The number of benzene rings is 9. The van der Waals surface area contributed by atoms with Crippen molar-refractivity contribution in [3.63, 3.8) is 0 Å². The van der Waals surface area contributed by atoms with E-state index >= 15 is 0 Å². The first kappa shape index (κ1) is 36.7. The molecule has 292 valence electrons. The Bertz CT molecular complexity index is 3250. The maximum absolute atomic E-state index is 5.26. The largest absolute Gasteiger partial charge is 0.310 e. The highest BCUT2D eigenvalue weighted by Crippen LogP contribution is 2.42. The molecule has 0 saturated heterocycles.